The Morgan fingerprint density at radius 3 is 2.56 bits per heavy atom. The molecular formula is C22H33NO4. The summed E-state index contributed by atoms with van der Waals surface area (Å²) in [5, 5.41) is 30.7. The van der Waals surface area contributed by atoms with E-state index in [1.54, 1.807) is 6.08 Å². The number of likely N-dealkylation sites (N-methyl/N-ethyl adjacent to an activating group) is 1. The molecule has 0 spiro atoms. The Bertz CT molecular complexity index is 694. The summed E-state index contributed by atoms with van der Waals surface area (Å²) in [6.07, 6.45) is 8.02. The van der Waals surface area contributed by atoms with E-state index < -0.39 is 5.97 Å². The van der Waals surface area contributed by atoms with E-state index in [-0.39, 0.29) is 28.7 Å². The van der Waals surface area contributed by atoms with Crippen LogP contribution in [0.2, 0.25) is 0 Å². The van der Waals surface area contributed by atoms with Gasteiger partial charge in [-0.05, 0) is 51.8 Å². The van der Waals surface area contributed by atoms with Crippen LogP contribution in [0.5, 0.6) is 11.5 Å². The number of carboxylic acids is 1. The van der Waals surface area contributed by atoms with Gasteiger partial charge in [0, 0.05) is 6.54 Å². The lowest BCUT2D eigenvalue weighted by atomic mass is 9.90. The fourth-order valence-electron chi connectivity index (χ4n) is 3.29. The number of hydrogen-bond donors (Lipinski definition) is 3. The average molecular weight is 376 g/mol. The van der Waals surface area contributed by atoms with Crippen molar-refractivity contribution in [1.82, 2.24) is 4.90 Å². The number of phenols is 2. The van der Waals surface area contributed by atoms with E-state index in [0.29, 0.717) is 12.0 Å². The molecule has 0 fully saturated rings. The highest BCUT2D eigenvalue weighted by molar-refractivity contribution is 5.94. The summed E-state index contributed by atoms with van der Waals surface area (Å²) in [6.45, 7) is 10.1. The van der Waals surface area contributed by atoms with Crippen molar-refractivity contribution in [2.45, 2.75) is 58.9 Å². The average Bonchev–Trinajstić information content (AvgIpc) is 2.58. The highest BCUT2D eigenvalue weighted by Crippen LogP contribution is 2.42. The Balaban J connectivity index is 0.00000114. The molecule has 1 aromatic carbocycles. The molecule has 0 saturated heterocycles. The predicted octanol–water partition coefficient (Wildman–Crippen LogP) is 5.04. The maximum atomic E-state index is 11.7. The Kier molecular flexibility index (Phi) is 9.09. The van der Waals surface area contributed by atoms with E-state index in [1.165, 1.54) is 11.6 Å². The van der Waals surface area contributed by atoms with Crippen molar-refractivity contribution in [3.8, 4) is 11.5 Å². The van der Waals surface area contributed by atoms with E-state index in [0.717, 1.165) is 32.2 Å². The van der Waals surface area contributed by atoms with Crippen molar-refractivity contribution >= 4 is 5.97 Å². The van der Waals surface area contributed by atoms with Gasteiger partial charge in [0.15, 0.2) is 0 Å². The molecule has 3 N–H and O–H groups in total. The Labute approximate surface area is 162 Å². The molecular weight excluding hydrogens is 342 g/mol. The molecule has 1 aromatic rings. The van der Waals surface area contributed by atoms with Crippen molar-refractivity contribution in [3.05, 3.63) is 47.1 Å². The van der Waals surface area contributed by atoms with Crippen LogP contribution >= 0.6 is 0 Å². The van der Waals surface area contributed by atoms with Gasteiger partial charge in [0.25, 0.3) is 0 Å². The Morgan fingerprint density at radius 2 is 2.00 bits per heavy atom. The van der Waals surface area contributed by atoms with Gasteiger partial charge < -0.3 is 15.3 Å². The number of nitrogens with zero attached hydrogens (tertiary/aromatic N) is 1. The van der Waals surface area contributed by atoms with Crippen LogP contribution < -0.4 is 0 Å². The molecule has 1 heterocycles. The smallest absolute Gasteiger partial charge is 0.339 e. The zero-order valence-electron chi connectivity index (χ0n) is 17.0. The van der Waals surface area contributed by atoms with Crippen molar-refractivity contribution in [2.24, 2.45) is 0 Å². The zero-order chi connectivity index (χ0) is 20.6. The number of benzene rings is 1. The van der Waals surface area contributed by atoms with E-state index in [4.69, 9.17) is 0 Å². The van der Waals surface area contributed by atoms with Gasteiger partial charge in [-0.2, -0.15) is 0 Å². The number of carboxylic acid groups (broad SMARTS) is 1. The standard InChI is InChI=1S/C19H27NO4.C3H6/c1-4-5-6-7-13-11-15(21)17(18(22)16(13)19(23)24)14-10-12(2)8-9-20(14)3;1-3-2/h10-11,14,21-22H,4-9H2,1-3H3,(H,23,24);3H,1H2,2H3. The minimum absolute atomic E-state index is 0.0354. The number of phenolic OH excluding ortho intramolecular Hbond substituents is 1. The van der Waals surface area contributed by atoms with Gasteiger partial charge in [0.1, 0.15) is 17.1 Å². The van der Waals surface area contributed by atoms with Crippen molar-refractivity contribution < 1.29 is 20.1 Å². The number of allylic oxidation sites excluding steroid dienone is 1. The van der Waals surface area contributed by atoms with Gasteiger partial charge in [-0.15, -0.1) is 6.58 Å². The van der Waals surface area contributed by atoms with Crippen LogP contribution in [0, 0.1) is 0 Å². The fourth-order valence-corrected chi connectivity index (χ4v) is 3.29. The molecule has 0 radical (unpaired) electrons. The third-order valence-electron chi connectivity index (χ3n) is 4.74. The van der Waals surface area contributed by atoms with E-state index >= 15 is 0 Å². The minimum atomic E-state index is -1.15. The number of aryl methyl sites for hydroxylation is 1. The number of hydrogen-bond acceptors (Lipinski definition) is 4. The monoisotopic (exact) mass is 375 g/mol. The molecule has 5 heteroatoms. The quantitative estimate of drug-likeness (QED) is 0.479. The summed E-state index contributed by atoms with van der Waals surface area (Å²) in [5.74, 6) is -1.50. The number of rotatable bonds is 6. The maximum absolute atomic E-state index is 11.7. The number of aromatic carboxylic acids is 1. The summed E-state index contributed by atoms with van der Waals surface area (Å²) in [6, 6.07) is 1.20. The summed E-state index contributed by atoms with van der Waals surface area (Å²) in [5.41, 5.74) is 1.87. The molecule has 150 valence electrons. The lowest BCUT2D eigenvalue weighted by Crippen LogP contribution is -2.28. The van der Waals surface area contributed by atoms with Crippen LogP contribution in [0.15, 0.2) is 30.4 Å². The molecule has 2 rings (SSSR count). The molecule has 5 nitrogen and oxygen atoms in total. The zero-order valence-corrected chi connectivity index (χ0v) is 17.0. The summed E-state index contributed by atoms with van der Waals surface area (Å²) in [7, 11) is 1.90. The second kappa shape index (κ2) is 10.8. The van der Waals surface area contributed by atoms with Gasteiger partial charge in [-0.25, -0.2) is 4.79 Å². The SMILES string of the molecule is C=CC.CCCCCc1cc(O)c(C2C=C(C)CCN2C)c(O)c1C(=O)O. The molecule has 1 aliphatic rings. The lowest BCUT2D eigenvalue weighted by Gasteiger charge is -2.32. The maximum Gasteiger partial charge on any atom is 0.339 e. The minimum Gasteiger partial charge on any atom is -0.507 e. The molecule has 1 aliphatic heterocycles. The van der Waals surface area contributed by atoms with Crippen molar-refractivity contribution in [2.75, 3.05) is 13.6 Å². The Morgan fingerprint density at radius 1 is 1.37 bits per heavy atom. The predicted molar refractivity (Wildman–Crippen MR) is 110 cm³/mol. The molecule has 0 amide bonds. The molecule has 0 aliphatic carbocycles. The molecule has 1 unspecified atom stereocenters. The number of carbonyl (C=O) groups is 1. The van der Waals surface area contributed by atoms with Crippen molar-refractivity contribution in [3.63, 3.8) is 0 Å². The molecule has 1 atom stereocenters. The topological polar surface area (TPSA) is 81.0 Å². The van der Waals surface area contributed by atoms with Crippen LogP contribution in [-0.2, 0) is 6.42 Å². The third-order valence-corrected chi connectivity index (χ3v) is 4.74. The van der Waals surface area contributed by atoms with Gasteiger partial charge >= 0.3 is 5.97 Å². The fraction of sp³-hybridized carbons (Fsp3) is 0.500. The summed E-state index contributed by atoms with van der Waals surface area (Å²) >= 11 is 0. The molecule has 0 bridgehead atoms. The summed E-state index contributed by atoms with van der Waals surface area (Å²) < 4.78 is 0. The first kappa shape index (κ1) is 22.8. The highest BCUT2D eigenvalue weighted by Gasteiger charge is 2.29. The van der Waals surface area contributed by atoms with Crippen LogP contribution in [0.1, 0.15) is 74.0 Å². The second-order valence-corrected chi connectivity index (χ2v) is 7.05. The molecule has 27 heavy (non-hydrogen) atoms. The largest absolute Gasteiger partial charge is 0.507 e. The van der Waals surface area contributed by atoms with Crippen LogP contribution in [-0.4, -0.2) is 39.8 Å². The number of unbranched alkanes of at least 4 members (excludes halogenated alkanes) is 2. The van der Waals surface area contributed by atoms with Crippen molar-refractivity contribution in [1.29, 1.82) is 0 Å². The van der Waals surface area contributed by atoms with Gasteiger partial charge in [0.05, 0.1) is 11.6 Å². The first-order chi connectivity index (χ1) is 12.8. The first-order valence-corrected chi connectivity index (χ1v) is 9.53. The van der Waals surface area contributed by atoms with Crippen LogP contribution in [0.25, 0.3) is 0 Å². The van der Waals surface area contributed by atoms with Crippen LogP contribution in [0.3, 0.4) is 0 Å². The van der Waals surface area contributed by atoms with E-state index in [1.807, 2.05) is 31.9 Å². The second-order valence-electron chi connectivity index (χ2n) is 7.05. The summed E-state index contributed by atoms with van der Waals surface area (Å²) in [4.78, 5) is 13.7. The van der Waals surface area contributed by atoms with E-state index in [9.17, 15) is 20.1 Å². The first-order valence-electron chi connectivity index (χ1n) is 9.53. The van der Waals surface area contributed by atoms with Gasteiger partial charge in [-0.3, -0.25) is 4.90 Å². The van der Waals surface area contributed by atoms with Crippen LogP contribution in [0.4, 0.5) is 0 Å². The van der Waals surface area contributed by atoms with Gasteiger partial charge in [0.2, 0.25) is 0 Å². The Hall–Kier alpha value is -2.27. The lowest BCUT2D eigenvalue weighted by molar-refractivity contribution is 0.0692. The molecule has 0 saturated carbocycles. The molecule has 0 aromatic heterocycles. The normalized spacial score (nSPS) is 16.9. The third kappa shape index (κ3) is 5.86. The van der Waals surface area contributed by atoms with Gasteiger partial charge in [-0.1, -0.05) is 37.5 Å². The van der Waals surface area contributed by atoms with E-state index in [2.05, 4.69) is 13.5 Å². The number of aromatic hydroxyl groups is 2. The highest BCUT2D eigenvalue weighted by atomic mass is 16.4.